The van der Waals surface area contributed by atoms with Gasteiger partial charge in [-0.05, 0) is 51.4 Å². The van der Waals surface area contributed by atoms with Gasteiger partial charge in [-0.3, -0.25) is 0 Å². The molecular weight excluding hydrogens is 324 g/mol. The number of hydrogen-bond donors (Lipinski definition) is 1. The van der Waals surface area contributed by atoms with Crippen LogP contribution in [0.5, 0.6) is 0 Å². The van der Waals surface area contributed by atoms with Crippen LogP contribution in [0, 0.1) is 28.4 Å². The van der Waals surface area contributed by atoms with Crippen molar-refractivity contribution < 1.29 is 8.78 Å². The van der Waals surface area contributed by atoms with Gasteiger partial charge in [-0.25, -0.2) is 8.78 Å². The summed E-state index contributed by atoms with van der Waals surface area (Å²) in [7, 11) is 0. The Kier molecular flexibility index (Phi) is 4.02. The lowest BCUT2D eigenvalue weighted by Gasteiger charge is -2.22. The van der Waals surface area contributed by atoms with E-state index in [2.05, 4.69) is 48.9 Å². The van der Waals surface area contributed by atoms with E-state index in [4.69, 9.17) is 0 Å². The molecule has 112 valence electrons. The van der Waals surface area contributed by atoms with Crippen molar-refractivity contribution >= 4 is 15.9 Å². The first-order valence-corrected chi connectivity index (χ1v) is 7.81. The first-order valence-electron chi connectivity index (χ1n) is 7.02. The molecule has 20 heavy (non-hydrogen) atoms. The Labute approximate surface area is 128 Å². The summed E-state index contributed by atoms with van der Waals surface area (Å²) in [5.41, 5.74) is 0.641. The van der Waals surface area contributed by atoms with Crippen LogP contribution in [-0.4, -0.2) is 6.54 Å². The molecule has 0 amide bonds. The van der Waals surface area contributed by atoms with E-state index < -0.39 is 5.82 Å². The van der Waals surface area contributed by atoms with Crippen molar-refractivity contribution in [2.75, 3.05) is 6.54 Å². The highest BCUT2D eigenvalue weighted by Gasteiger charge is 2.67. The van der Waals surface area contributed by atoms with Crippen molar-refractivity contribution in [3.8, 4) is 0 Å². The van der Waals surface area contributed by atoms with Gasteiger partial charge in [0.05, 0.1) is 4.47 Å². The summed E-state index contributed by atoms with van der Waals surface area (Å²) in [6.45, 7) is 11.5. The monoisotopic (exact) mass is 345 g/mol. The van der Waals surface area contributed by atoms with E-state index in [0.717, 1.165) is 6.54 Å². The molecule has 1 aliphatic carbocycles. The standard InChI is InChI=1S/C16H22BrF2N/c1-6-20-13(14-15(2,3)16(14,4)5)9-7-12(19)10(17)8-11(9)18/h7-8,13-14,20H,6H2,1-5H3. The van der Waals surface area contributed by atoms with Crippen LogP contribution >= 0.6 is 15.9 Å². The maximum atomic E-state index is 14.3. The number of halogens is 3. The fourth-order valence-corrected chi connectivity index (χ4v) is 3.80. The lowest BCUT2D eigenvalue weighted by molar-refractivity contribution is 0.401. The first kappa shape index (κ1) is 15.9. The third kappa shape index (κ3) is 2.31. The van der Waals surface area contributed by atoms with Crippen LogP contribution in [-0.2, 0) is 0 Å². The molecule has 0 bridgehead atoms. The molecule has 0 aliphatic heterocycles. The van der Waals surface area contributed by atoms with Gasteiger partial charge in [0.2, 0.25) is 0 Å². The summed E-state index contributed by atoms with van der Waals surface area (Å²) in [5.74, 6) is -0.492. The molecule has 0 radical (unpaired) electrons. The Bertz CT molecular complexity index is 511. The zero-order valence-corrected chi connectivity index (χ0v) is 14.2. The maximum absolute atomic E-state index is 14.3. The molecule has 1 aromatic carbocycles. The summed E-state index contributed by atoms with van der Waals surface area (Å²) >= 11 is 3.03. The van der Waals surface area contributed by atoms with E-state index in [1.807, 2.05) is 6.92 Å². The van der Waals surface area contributed by atoms with Gasteiger partial charge in [-0.15, -0.1) is 0 Å². The molecule has 0 heterocycles. The third-order valence-electron chi connectivity index (χ3n) is 5.26. The predicted molar refractivity (Wildman–Crippen MR) is 81.5 cm³/mol. The van der Waals surface area contributed by atoms with Crippen molar-refractivity contribution in [2.45, 2.75) is 40.7 Å². The van der Waals surface area contributed by atoms with Crippen LogP contribution in [0.4, 0.5) is 8.78 Å². The van der Waals surface area contributed by atoms with Gasteiger partial charge in [0.25, 0.3) is 0 Å². The van der Waals surface area contributed by atoms with E-state index in [-0.39, 0.29) is 33.1 Å². The molecule has 1 fully saturated rings. The Morgan fingerprint density at radius 2 is 1.70 bits per heavy atom. The van der Waals surface area contributed by atoms with E-state index in [0.29, 0.717) is 5.56 Å². The van der Waals surface area contributed by atoms with Crippen LogP contribution in [0.25, 0.3) is 0 Å². The molecule has 1 nitrogen and oxygen atoms in total. The van der Waals surface area contributed by atoms with Gasteiger partial charge in [0.1, 0.15) is 11.6 Å². The highest BCUT2D eigenvalue weighted by atomic mass is 79.9. The lowest BCUT2D eigenvalue weighted by atomic mass is 9.96. The zero-order chi connectivity index (χ0) is 15.3. The van der Waals surface area contributed by atoms with E-state index in [1.165, 1.54) is 12.1 Å². The number of benzene rings is 1. The molecule has 1 N–H and O–H groups in total. The minimum Gasteiger partial charge on any atom is -0.310 e. The smallest absolute Gasteiger partial charge is 0.137 e. The molecule has 2 rings (SSSR count). The number of hydrogen-bond acceptors (Lipinski definition) is 1. The molecule has 1 atom stereocenters. The van der Waals surface area contributed by atoms with Crippen LogP contribution in [0.15, 0.2) is 16.6 Å². The lowest BCUT2D eigenvalue weighted by Crippen LogP contribution is -2.26. The summed E-state index contributed by atoms with van der Waals surface area (Å²) in [6.07, 6.45) is 0. The van der Waals surface area contributed by atoms with E-state index in [9.17, 15) is 8.78 Å². The van der Waals surface area contributed by atoms with Crippen molar-refractivity contribution in [2.24, 2.45) is 16.7 Å². The van der Waals surface area contributed by atoms with Gasteiger partial charge < -0.3 is 5.32 Å². The second kappa shape index (κ2) is 5.06. The van der Waals surface area contributed by atoms with Gasteiger partial charge >= 0.3 is 0 Å². The van der Waals surface area contributed by atoms with E-state index in [1.54, 1.807) is 0 Å². The highest BCUT2D eigenvalue weighted by Crippen LogP contribution is 2.72. The van der Waals surface area contributed by atoms with Gasteiger partial charge in [-0.2, -0.15) is 0 Å². The first-order chi connectivity index (χ1) is 9.14. The largest absolute Gasteiger partial charge is 0.310 e. The SMILES string of the molecule is CCNC(c1cc(F)c(Br)cc1F)C1C(C)(C)C1(C)C. The normalized spacial score (nSPS) is 21.8. The van der Waals surface area contributed by atoms with Crippen molar-refractivity contribution in [1.29, 1.82) is 0 Å². The molecule has 4 heteroatoms. The Hall–Kier alpha value is -0.480. The molecule has 1 aromatic rings. The fraction of sp³-hybridized carbons (Fsp3) is 0.625. The average molecular weight is 346 g/mol. The third-order valence-corrected chi connectivity index (χ3v) is 5.87. The van der Waals surface area contributed by atoms with Crippen molar-refractivity contribution in [3.05, 3.63) is 33.8 Å². The Morgan fingerprint density at radius 3 is 2.15 bits per heavy atom. The Morgan fingerprint density at radius 1 is 1.15 bits per heavy atom. The van der Waals surface area contributed by atoms with Gasteiger partial charge in [-0.1, -0.05) is 34.6 Å². The fourth-order valence-electron chi connectivity index (χ4n) is 3.48. The van der Waals surface area contributed by atoms with Crippen molar-refractivity contribution in [3.63, 3.8) is 0 Å². The molecule has 0 spiro atoms. The topological polar surface area (TPSA) is 12.0 Å². The molecular formula is C16H22BrF2N. The summed E-state index contributed by atoms with van der Waals surface area (Å²) in [6, 6.07) is 2.38. The summed E-state index contributed by atoms with van der Waals surface area (Å²) < 4.78 is 28.2. The Balaban J connectivity index is 2.44. The van der Waals surface area contributed by atoms with Crippen molar-refractivity contribution in [1.82, 2.24) is 5.32 Å². The summed E-state index contributed by atoms with van der Waals surface area (Å²) in [5, 5.41) is 3.34. The van der Waals surface area contributed by atoms with Gasteiger partial charge in [0, 0.05) is 11.6 Å². The summed E-state index contributed by atoms with van der Waals surface area (Å²) in [4.78, 5) is 0. The molecule has 1 unspecified atom stereocenters. The van der Waals surface area contributed by atoms with Gasteiger partial charge in [0.15, 0.2) is 0 Å². The van der Waals surface area contributed by atoms with E-state index >= 15 is 0 Å². The van der Waals surface area contributed by atoms with Crippen LogP contribution < -0.4 is 5.32 Å². The van der Waals surface area contributed by atoms with Crippen LogP contribution in [0.1, 0.15) is 46.2 Å². The highest BCUT2D eigenvalue weighted by molar-refractivity contribution is 9.10. The minimum atomic E-state index is -0.416. The average Bonchev–Trinajstić information content (AvgIpc) is 2.72. The second-order valence-corrected chi connectivity index (χ2v) is 7.60. The minimum absolute atomic E-state index is 0.107. The van der Waals surface area contributed by atoms with Crippen LogP contribution in [0.3, 0.4) is 0 Å². The molecule has 1 aliphatic rings. The number of rotatable bonds is 4. The number of nitrogens with one attached hydrogen (secondary N) is 1. The quantitative estimate of drug-likeness (QED) is 0.752. The second-order valence-electron chi connectivity index (χ2n) is 6.74. The molecule has 0 saturated heterocycles. The molecule has 1 saturated carbocycles. The van der Waals surface area contributed by atoms with Crippen LogP contribution in [0.2, 0.25) is 0 Å². The maximum Gasteiger partial charge on any atom is 0.137 e. The predicted octanol–water partition coefficient (Wildman–Crippen LogP) is 5.06. The zero-order valence-electron chi connectivity index (χ0n) is 12.7. The molecule has 0 aromatic heterocycles.